The zero-order valence-electron chi connectivity index (χ0n) is 17.2. The van der Waals surface area contributed by atoms with Gasteiger partial charge in [0.25, 0.3) is 0 Å². The van der Waals surface area contributed by atoms with Crippen molar-refractivity contribution >= 4 is 17.4 Å². The minimum absolute atomic E-state index is 0.502. The first kappa shape index (κ1) is 19.2. The zero-order valence-corrected chi connectivity index (χ0v) is 18.0. The Bertz CT molecular complexity index is 1100. The van der Waals surface area contributed by atoms with Crippen molar-refractivity contribution in [3.63, 3.8) is 0 Å². The average Bonchev–Trinajstić information content (AvgIpc) is 3.57. The Balaban J connectivity index is 1.37. The molecule has 0 unspecified atom stereocenters. The predicted octanol–water partition coefficient (Wildman–Crippen LogP) is 4.56. The van der Waals surface area contributed by atoms with Crippen LogP contribution in [0.25, 0.3) is 11.3 Å². The molecule has 154 valence electrons. The van der Waals surface area contributed by atoms with Crippen LogP contribution in [-0.4, -0.2) is 33.1 Å². The fourth-order valence-electron chi connectivity index (χ4n) is 3.82. The van der Waals surface area contributed by atoms with E-state index in [1.165, 1.54) is 12.8 Å². The van der Waals surface area contributed by atoms with Crippen LogP contribution in [0.5, 0.6) is 6.01 Å². The minimum Gasteiger partial charge on any atom is -0.463 e. The zero-order chi connectivity index (χ0) is 20.7. The first-order valence-electron chi connectivity index (χ1n) is 10.4. The number of nitrogens with zero attached hydrogens (tertiary/aromatic N) is 5. The van der Waals surface area contributed by atoms with E-state index in [1.54, 1.807) is 6.20 Å². The summed E-state index contributed by atoms with van der Waals surface area (Å²) in [7, 11) is 0. The number of fused-ring (bicyclic) bond motifs is 1. The Kier molecular flexibility index (Phi) is 5.03. The predicted molar refractivity (Wildman–Crippen MR) is 117 cm³/mol. The van der Waals surface area contributed by atoms with Gasteiger partial charge in [-0.15, -0.1) is 0 Å². The molecule has 0 aromatic carbocycles. The quantitative estimate of drug-likeness (QED) is 0.602. The maximum Gasteiger partial charge on any atom is 0.316 e. The van der Waals surface area contributed by atoms with Gasteiger partial charge in [0, 0.05) is 49.2 Å². The van der Waals surface area contributed by atoms with Crippen molar-refractivity contribution in [3.8, 4) is 17.3 Å². The van der Waals surface area contributed by atoms with Crippen molar-refractivity contribution in [3.05, 3.63) is 58.1 Å². The van der Waals surface area contributed by atoms with Crippen LogP contribution in [0.15, 0.2) is 30.7 Å². The molecule has 2 aliphatic rings. The topological polar surface area (TPSA) is 64.0 Å². The van der Waals surface area contributed by atoms with Gasteiger partial charge in [-0.25, -0.2) is 9.97 Å². The summed E-state index contributed by atoms with van der Waals surface area (Å²) in [5.41, 5.74) is 6.22. The van der Waals surface area contributed by atoms with E-state index in [2.05, 4.69) is 37.8 Å². The number of hydrogen-bond acceptors (Lipinski definition) is 6. The van der Waals surface area contributed by atoms with Gasteiger partial charge in [0.05, 0.1) is 23.0 Å². The van der Waals surface area contributed by atoms with Crippen molar-refractivity contribution < 1.29 is 4.74 Å². The summed E-state index contributed by atoms with van der Waals surface area (Å²) in [6, 6.07) is 4.66. The molecular formula is C23H24ClN5O. The van der Waals surface area contributed by atoms with Crippen molar-refractivity contribution in [2.45, 2.75) is 39.7 Å². The molecule has 7 heteroatoms. The van der Waals surface area contributed by atoms with Gasteiger partial charge in [0.15, 0.2) is 0 Å². The van der Waals surface area contributed by atoms with Crippen LogP contribution >= 0.6 is 11.6 Å². The summed E-state index contributed by atoms with van der Waals surface area (Å²) >= 11 is 6.48. The van der Waals surface area contributed by atoms with E-state index in [9.17, 15) is 0 Å². The van der Waals surface area contributed by atoms with Crippen LogP contribution in [-0.2, 0) is 13.0 Å². The highest BCUT2D eigenvalue weighted by molar-refractivity contribution is 6.33. The number of halogens is 1. The van der Waals surface area contributed by atoms with E-state index in [0.29, 0.717) is 23.5 Å². The largest absolute Gasteiger partial charge is 0.463 e. The number of pyridine rings is 2. The van der Waals surface area contributed by atoms with E-state index < -0.39 is 0 Å². The van der Waals surface area contributed by atoms with Gasteiger partial charge in [0.2, 0.25) is 0 Å². The van der Waals surface area contributed by atoms with Crippen LogP contribution in [0.4, 0.5) is 5.82 Å². The van der Waals surface area contributed by atoms with Gasteiger partial charge in [-0.3, -0.25) is 4.98 Å². The molecule has 3 aromatic heterocycles. The number of anilines is 1. The third-order valence-electron chi connectivity index (χ3n) is 5.69. The number of aryl methyl sites for hydroxylation is 2. The molecule has 0 amide bonds. The van der Waals surface area contributed by atoms with E-state index >= 15 is 0 Å². The van der Waals surface area contributed by atoms with Gasteiger partial charge in [-0.2, -0.15) is 4.98 Å². The lowest BCUT2D eigenvalue weighted by Gasteiger charge is -2.29. The molecule has 0 N–H and O–H groups in total. The van der Waals surface area contributed by atoms with Crippen LogP contribution in [0, 0.1) is 19.8 Å². The second kappa shape index (κ2) is 7.84. The van der Waals surface area contributed by atoms with Crippen LogP contribution in [0.2, 0.25) is 5.02 Å². The SMILES string of the molecule is Cc1cnc(-c2cc(N3CCc4nc(OCC5CC5)ncc4C3)ncc2Cl)c(C)c1. The maximum atomic E-state index is 6.48. The molecule has 1 aliphatic heterocycles. The van der Waals surface area contributed by atoms with Crippen LogP contribution < -0.4 is 9.64 Å². The fraction of sp³-hybridized carbons (Fsp3) is 0.391. The molecule has 30 heavy (non-hydrogen) atoms. The molecule has 6 nitrogen and oxygen atoms in total. The molecule has 0 saturated heterocycles. The second-order valence-corrected chi connectivity index (χ2v) is 8.66. The third-order valence-corrected chi connectivity index (χ3v) is 5.99. The highest BCUT2D eigenvalue weighted by atomic mass is 35.5. The van der Waals surface area contributed by atoms with Gasteiger partial charge >= 0.3 is 6.01 Å². The van der Waals surface area contributed by atoms with E-state index in [1.807, 2.05) is 25.4 Å². The standard InChI is InChI=1S/C23H24ClN5O/c1-14-7-15(2)22(26-9-14)18-8-21(25-11-19(18)24)29-6-5-20-17(12-29)10-27-23(28-20)30-13-16-3-4-16/h7-11,16H,3-6,12-13H2,1-2H3. The number of hydrogen-bond donors (Lipinski definition) is 0. The normalized spacial score (nSPS) is 15.8. The molecule has 5 rings (SSSR count). The molecule has 0 atom stereocenters. The number of rotatable bonds is 5. The Labute approximate surface area is 181 Å². The molecule has 1 fully saturated rings. The van der Waals surface area contributed by atoms with E-state index in [-0.39, 0.29) is 0 Å². The second-order valence-electron chi connectivity index (χ2n) is 8.25. The van der Waals surface area contributed by atoms with Crippen LogP contribution in [0.1, 0.15) is 35.2 Å². The number of ether oxygens (including phenoxy) is 1. The molecule has 4 heterocycles. The molecule has 0 bridgehead atoms. The van der Waals surface area contributed by atoms with Gasteiger partial charge in [-0.1, -0.05) is 17.7 Å². The van der Waals surface area contributed by atoms with Crippen molar-refractivity contribution in [1.29, 1.82) is 0 Å². The van der Waals surface area contributed by atoms with Gasteiger partial charge in [-0.05, 0) is 49.8 Å². The lowest BCUT2D eigenvalue weighted by molar-refractivity contribution is 0.275. The minimum atomic E-state index is 0.502. The Morgan fingerprint density at radius 3 is 2.77 bits per heavy atom. The van der Waals surface area contributed by atoms with Crippen molar-refractivity contribution in [2.75, 3.05) is 18.1 Å². The van der Waals surface area contributed by atoms with Crippen LogP contribution in [0.3, 0.4) is 0 Å². The lowest BCUT2D eigenvalue weighted by atomic mass is 10.0. The fourth-order valence-corrected chi connectivity index (χ4v) is 4.01. The smallest absolute Gasteiger partial charge is 0.316 e. The Morgan fingerprint density at radius 1 is 1.10 bits per heavy atom. The average molecular weight is 422 g/mol. The van der Waals surface area contributed by atoms with Crippen molar-refractivity contribution in [2.24, 2.45) is 5.92 Å². The van der Waals surface area contributed by atoms with Crippen molar-refractivity contribution in [1.82, 2.24) is 19.9 Å². The summed E-state index contributed by atoms with van der Waals surface area (Å²) < 4.78 is 5.74. The summed E-state index contributed by atoms with van der Waals surface area (Å²) in [5.74, 6) is 1.58. The summed E-state index contributed by atoms with van der Waals surface area (Å²) in [5, 5.41) is 0.608. The third kappa shape index (κ3) is 3.97. The number of aromatic nitrogens is 4. The molecule has 0 radical (unpaired) electrons. The summed E-state index contributed by atoms with van der Waals surface area (Å²) in [4.78, 5) is 20.5. The Morgan fingerprint density at radius 2 is 1.97 bits per heavy atom. The maximum absolute atomic E-state index is 6.48. The molecule has 1 saturated carbocycles. The first-order valence-corrected chi connectivity index (χ1v) is 10.8. The summed E-state index contributed by atoms with van der Waals surface area (Å²) in [6.07, 6.45) is 8.82. The van der Waals surface area contributed by atoms with Gasteiger partial charge in [0.1, 0.15) is 5.82 Å². The molecule has 3 aromatic rings. The van der Waals surface area contributed by atoms with E-state index in [4.69, 9.17) is 16.3 Å². The monoisotopic (exact) mass is 421 g/mol. The summed E-state index contributed by atoms with van der Waals surface area (Å²) in [6.45, 7) is 6.38. The molecule has 0 spiro atoms. The van der Waals surface area contributed by atoms with E-state index in [0.717, 1.165) is 59.0 Å². The molecule has 1 aliphatic carbocycles. The molecular weight excluding hydrogens is 398 g/mol. The highest BCUT2D eigenvalue weighted by Crippen LogP contribution is 2.33. The first-order chi connectivity index (χ1) is 14.6. The highest BCUT2D eigenvalue weighted by Gasteiger charge is 2.24. The Hall–Kier alpha value is -2.73. The van der Waals surface area contributed by atoms with Gasteiger partial charge < -0.3 is 9.64 Å². The lowest BCUT2D eigenvalue weighted by Crippen LogP contribution is -2.32.